The van der Waals surface area contributed by atoms with Crippen molar-refractivity contribution < 1.29 is 9.59 Å². The van der Waals surface area contributed by atoms with Crippen LogP contribution in [-0.4, -0.2) is 49.1 Å². The molecule has 22 heavy (non-hydrogen) atoms. The molecule has 0 saturated carbocycles. The van der Waals surface area contributed by atoms with Gasteiger partial charge in [-0.2, -0.15) is 0 Å². The summed E-state index contributed by atoms with van der Waals surface area (Å²) in [7, 11) is 0. The smallest absolute Gasteiger partial charge is 0.312 e. The van der Waals surface area contributed by atoms with Crippen molar-refractivity contribution in [2.45, 2.75) is 17.7 Å². The van der Waals surface area contributed by atoms with Crippen LogP contribution >= 0.6 is 11.8 Å². The number of carbonyl (C=O) groups is 2. The Morgan fingerprint density at radius 1 is 1.36 bits per heavy atom. The molecular weight excluding hydrogens is 298 g/mol. The fourth-order valence-electron chi connectivity index (χ4n) is 2.80. The molecule has 1 saturated heterocycles. The predicted molar refractivity (Wildman–Crippen MR) is 89.3 cm³/mol. The first kappa shape index (κ1) is 16.8. The lowest BCUT2D eigenvalue weighted by Gasteiger charge is -2.31. The van der Waals surface area contributed by atoms with Crippen molar-refractivity contribution >= 4 is 23.6 Å². The summed E-state index contributed by atoms with van der Waals surface area (Å²) >= 11 is 1.67. The number of Topliss-reactive ketones (excluding diaryl/α,β-unsaturated/α-hetero) is 1. The molecule has 1 atom stereocenters. The van der Waals surface area contributed by atoms with Gasteiger partial charge < -0.3 is 16.0 Å². The summed E-state index contributed by atoms with van der Waals surface area (Å²) in [5, 5.41) is 2.59. The number of rotatable bonds is 6. The number of piperidine rings is 1. The van der Waals surface area contributed by atoms with E-state index >= 15 is 0 Å². The highest BCUT2D eigenvalue weighted by Crippen LogP contribution is 2.22. The minimum Gasteiger partial charge on any atom is -0.352 e. The van der Waals surface area contributed by atoms with Crippen LogP contribution in [0.1, 0.15) is 23.2 Å². The van der Waals surface area contributed by atoms with Crippen LogP contribution in [0.2, 0.25) is 0 Å². The molecule has 2 amide bonds. The van der Waals surface area contributed by atoms with Crippen LogP contribution in [0, 0.1) is 5.92 Å². The number of thioether (sulfide) groups is 1. The summed E-state index contributed by atoms with van der Waals surface area (Å²) in [6.07, 6.45) is 3.97. The highest BCUT2D eigenvalue weighted by Gasteiger charge is 2.26. The monoisotopic (exact) mass is 321 g/mol. The lowest BCUT2D eigenvalue weighted by molar-refractivity contribution is 0.0821. The maximum Gasteiger partial charge on any atom is 0.312 e. The SMILES string of the molecule is CSc1ccc(C(=O)[C@H]2CCCN(CCNC(N)=O)C2)cc1. The van der Waals surface area contributed by atoms with E-state index in [0.29, 0.717) is 6.54 Å². The first-order valence-corrected chi connectivity index (χ1v) is 8.76. The molecule has 0 aliphatic carbocycles. The normalized spacial score (nSPS) is 18.9. The molecular formula is C16H23N3O2S. The highest BCUT2D eigenvalue weighted by molar-refractivity contribution is 7.98. The molecule has 1 fully saturated rings. The van der Waals surface area contributed by atoms with Crippen LogP contribution in [0.15, 0.2) is 29.2 Å². The third-order valence-corrected chi connectivity index (χ3v) is 4.72. The van der Waals surface area contributed by atoms with Gasteiger partial charge in [-0.05, 0) is 37.8 Å². The average Bonchev–Trinajstić information content (AvgIpc) is 2.54. The van der Waals surface area contributed by atoms with Crippen LogP contribution in [0.4, 0.5) is 4.79 Å². The number of primary amides is 1. The lowest BCUT2D eigenvalue weighted by atomic mass is 9.90. The maximum atomic E-state index is 12.6. The van der Waals surface area contributed by atoms with Crippen LogP contribution in [0.25, 0.3) is 0 Å². The molecule has 0 radical (unpaired) electrons. The van der Waals surface area contributed by atoms with E-state index in [2.05, 4.69) is 10.2 Å². The molecule has 1 heterocycles. The van der Waals surface area contributed by atoms with Gasteiger partial charge in [-0.3, -0.25) is 4.79 Å². The minimum absolute atomic E-state index is 0.0439. The molecule has 1 aromatic carbocycles. The third-order valence-electron chi connectivity index (χ3n) is 3.98. The molecule has 5 nitrogen and oxygen atoms in total. The highest BCUT2D eigenvalue weighted by atomic mass is 32.2. The van der Waals surface area contributed by atoms with Gasteiger partial charge in [-0.15, -0.1) is 11.8 Å². The number of carbonyl (C=O) groups excluding carboxylic acids is 2. The number of urea groups is 1. The summed E-state index contributed by atoms with van der Waals surface area (Å²) in [5.41, 5.74) is 5.85. The Hall–Kier alpha value is -1.53. The van der Waals surface area contributed by atoms with E-state index < -0.39 is 6.03 Å². The molecule has 1 aliphatic rings. The first-order valence-electron chi connectivity index (χ1n) is 7.54. The Bertz CT molecular complexity index is 519. The number of benzene rings is 1. The van der Waals surface area contributed by atoms with Crippen LogP contribution in [0.3, 0.4) is 0 Å². The molecule has 0 bridgehead atoms. The number of hydrogen-bond acceptors (Lipinski definition) is 4. The van der Waals surface area contributed by atoms with Gasteiger partial charge in [0.1, 0.15) is 0 Å². The second-order valence-electron chi connectivity index (χ2n) is 5.52. The number of nitrogens with zero attached hydrogens (tertiary/aromatic N) is 1. The number of amides is 2. The summed E-state index contributed by atoms with van der Waals surface area (Å²) in [6.45, 7) is 2.98. The van der Waals surface area contributed by atoms with E-state index in [1.807, 2.05) is 30.5 Å². The summed E-state index contributed by atoms with van der Waals surface area (Å²) in [4.78, 5) is 26.7. The Balaban J connectivity index is 1.90. The number of likely N-dealkylation sites (tertiary alicyclic amines) is 1. The molecule has 0 unspecified atom stereocenters. The standard InChI is InChI=1S/C16H23N3O2S/c1-22-14-6-4-12(5-7-14)15(20)13-3-2-9-19(11-13)10-8-18-16(17)21/h4-7,13H,2-3,8-11H2,1H3,(H3,17,18,21)/t13-/m0/s1. The third kappa shape index (κ3) is 4.74. The predicted octanol–water partition coefficient (Wildman–Crippen LogP) is 1.97. The van der Waals surface area contributed by atoms with Gasteiger partial charge in [0.05, 0.1) is 0 Å². The van der Waals surface area contributed by atoms with E-state index in [0.717, 1.165) is 38.0 Å². The zero-order chi connectivity index (χ0) is 15.9. The van der Waals surface area contributed by atoms with Crippen molar-refractivity contribution in [2.75, 3.05) is 32.4 Å². The molecule has 3 N–H and O–H groups in total. The second-order valence-corrected chi connectivity index (χ2v) is 6.40. The van der Waals surface area contributed by atoms with Crippen molar-refractivity contribution in [3.8, 4) is 0 Å². The van der Waals surface area contributed by atoms with Crippen molar-refractivity contribution in [3.63, 3.8) is 0 Å². The number of nitrogens with one attached hydrogen (secondary N) is 1. The van der Waals surface area contributed by atoms with Crippen molar-refractivity contribution in [3.05, 3.63) is 29.8 Å². The Morgan fingerprint density at radius 2 is 2.09 bits per heavy atom. The van der Waals surface area contributed by atoms with Gasteiger partial charge in [0.15, 0.2) is 5.78 Å². The van der Waals surface area contributed by atoms with Crippen molar-refractivity contribution in [2.24, 2.45) is 11.7 Å². The number of nitrogens with two attached hydrogens (primary N) is 1. The van der Waals surface area contributed by atoms with Gasteiger partial charge in [0.25, 0.3) is 0 Å². The molecule has 120 valence electrons. The largest absolute Gasteiger partial charge is 0.352 e. The summed E-state index contributed by atoms with van der Waals surface area (Å²) < 4.78 is 0. The van der Waals surface area contributed by atoms with E-state index in [9.17, 15) is 9.59 Å². The van der Waals surface area contributed by atoms with Gasteiger partial charge in [0, 0.05) is 36.0 Å². The molecule has 1 aliphatic heterocycles. The lowest BCUT2D eigenvalue weighted by Crippen LogP contribution is -2.43. The average molecular weight is 321 g/mol. The van der Waals surface area contributed by atoms with E-state index in [-0.39, 0.29) is 11.7 Å². The van der Waals surface area contributed by atoms with E-state index in [1.165, 1.54) is 4.90 Å². The van der Waals surface area contributed by atoms with Crippen molar-refractivity contribution in [1.29, 1.82) is 0 Å². The van der Waals surface area contributed by atoms with Gasteiger partial charge in [-0.1, -0.05) is 12.1 Å². The Labute approximate surface area is 135 Å². The summed E-state index contributed by atoms with van der Waals surface area (Å²) in [5.74, 6) is 0.266. The molecule has 0 aromatic heterocycles. The molecule has 2 rings (SSSR count). The van der Waals surface area contributed by atoms with Crippen LogP contribution in [0.5, 0.6) is 0 Å². The second kappa shape index (κ2) is 8.19. The van der Waals surface area contributed by atoms with Gasteiger partial charge >= 0.3 is 6.03 Å². The molecule has 0 spiro atoms. The minimum atomic E-state index is -0.501. The maximum absolute atomic E-state index is 12.6. The molecule has 1 aromatic rings. The van der Waals surface area contributed by atoms with Gasteiger partial charge in [0.2, 0.25) is 0 Å². The fraction of sp³-hybridized carbons (Fsp3) is 0.500. The van der Waals surface area contributed by atoms with Gasteiger partial charge in [-0.25, -0.2) is 4.79 Å². The first-order chi connectivity index (χ1) is 10.6. The quantitative estimate of drug-likeness (QED) is 0.620. The molecule has 6 heteroatoms. The summed E-state index contributed by atoms with van der Waals surface area (Å²) in [6, 6.07) is 7.33. The van der Waals surface area contributed by atoms with Crippen LogP contribution in [-0.2, 0) is 0 Å². The Kier molecular flexibility index (Phi) is 6.27. The van der Waals surface area contributed by atoms with E-state index in [1.54, 1.807) is 11.8 Å². The van der Waals surface area contributed by atoms with Crippen LogP contribution < -0.4 is 11.1 Å². The van der Waals surface area contributed by atoms with E-state index in [4.69, 9.17) is 5.73 Å². The van der Waals surface area contributed by atoms with Crippen molar-refractivity contribution in [1.82, 2.24) is 10.2 Å². The Morgan fingerprint density at radius 3 is 2.73 bits per heavy atom. The number of hydrogen-bond donors (Lipinski definition) is 2. The topological polar surface area (TPSA) is 75.4 Å². The fourth-order valence-corrected chi connectivity index (χ4v) is 3.21. The zero-order valence-corrected chi connectivity index (χ0v) is 13.7. The zero-order valence-electron chi connectivity index (χ0n) is 12.9. The number of ketones is 1.